The Balaban J connectivity index is 1.30. The van der Waals surface area contributed by atoms with Gasteiger partial charge in [0.2, 0.25) is 5.89 Å². The summed E-state index contributed by atoms with van der Waals surface area (Å²) in [6.07, 6.45) is 0. The number of ether oxygens (including phenoxy) is 1. The van der Waals surface area contributed by atoms with Crippen molar-refractivity contribution in [1.82, 2.24) is 9.97 Å². The van der Waals surface area contributed by atoms with Gasteiger partial charge >= 0.3 is 5.97 Å². The van der Waals surface area contributed by atoms with Crippen LogP contribution in [0.2, 0.25) is 0 Å². The van der Waals surface area contributed by atoms with Crippen LogP contribution in [0.25, 0.3) is 32.8 Å². The molecule has 1 N–H and O–H groups in total. The molecule has 0 spiro atoms. The number of nitrogens with one attached hydrogen (secondary N) is 1. The number of carbonyl (C=O) groups excluding carboxylic acids is 2. The molecule has 5 aromatic rings. The highest BCUT2D eigenvalue weighted by Gasteiger charge is 2.19. The van der Waals surface area contributed by atoms with Crippen LogP contribution in [0.15, 0.2) is 77.2 Å². The molecule has 0 radical (unpaired) electrons. The van der Waals surface area contributed by atoms with Gasteiger partial charge in [0.05, 0.1) is 21.3 Å². The molecule has 2 heterocycles. The lowest BCUT2D eigenvalue weighted by Crippen LogP contribution is -2.21. The Morgan fingerprint density at radius 3 is 2.48 bits per heavy atom. The van der Waals surface area contributed by atoms with E-state index in [4.69, 9.17) is 9.15 Å². The van der Waals surface area contributed by atoms with E-state index in [0.717, 1.165) is 10.2 Å². The van der Waals surface area contributed by atoms with E-state index in [9.17, 15) is 9.59 Å². The number of rotatable bonds is 5. The van der Waals surface area contributed by atoms with Crippen molar-refractivity contribution in [2.75, 3.05) is 11.9 Å². The lowest BCUT2D eigenvalue weighted by Gasteiger charge is -2.07. The highest BCUT2D eigenvalue weighted by Crippen LogP contribution is 2.28. The summed E-state index contributed by atoms with van der Waals surface area (Å²) in [5.74, 6) is -0.795. The van der Waals surface area contributed by atoms with E-state index in [1.807, 2.05) is 42.5 Å². The zero-order chi connectivity index (χ0) is 21.2. The Morgan fingerprint density at radius 1 is 0.903 bits per heavy atom. The van der Waals surface area contributed by atoms with Gasteiger partial charge in [-0.05, 0) is 36.4 Å². The maximum absolute atomic E-state index is 12.7. The van der Waals surface area contributed by atoms with Gasteiger partial charge in [0, 0.05) is 0 Å². The van der Waals surface area contributed by atoms with Crippen LogP contribution in [0, 0.1) is 0 Å². The third-order valence-corrected chi connectivity index (χ3v) is 5.50. The molecule has 0 saturated carbocycles. The van der Waals surface area contributed by atoms with E-state index >= 15 is 0 Å². The van der Waals surface area contributed by atoms with Crippen molar-refractivity contribution in [3.05, 3.63) is 78.4 Å². The molecule has 152 valence electrons. The van der Waals surface area contributed by atoms with Crippen molar-refractivity contribution in [2.45, 2.75) is 0 Å². The molecule has 0 fully saturated rings. The first kappa shape index (κ1) is 19.0. The second-order valence-corrected chi connectivity index (χ2v) is 7.67. The van der Waals surface area contributed by atoms with Crippen molar-refractivity contribution < 1.29 is 18.7 Å². The van der Waals surface area contributed by atoms with Crippen LogP contribution in [0.1, 0.15) is 10.4 Å². The van der Waals surface area contributed by atoms with Crippen LogP contribution in [0.5, 0.6) is 0 Å². The fourth-order valence-corrected chi connectivity index (χ4v) is 4.01. The smallest absolute Gasteiger partial charge is 0.339 e. The highest BCUT2D eigenvalue weighted by atomic mass is 32.1. The molecule has 0 aliphatic carbocycles. The van der Waals surface area contributed by atoms with E-state index in [2.05, 4.69) is 15.3 Å². The molecule has 0 bridgehead atoms. The zero-order valence-corrected chi connectivity index (χ0v) is 16.9. The quantitative estimate of drug-likeness (QED) is 0.399. The maximum Gasteiger partial charge on any atom is 0.339 e. The summed E-state index contributed by atoms with van der Waals surface area (Å²) in [6, 6.07) is 21.7. The van der Waals surface area contributed by atoms with Gasteiger partial charge in [-0.2, -0.15) is 0 Å². The average molecular weight is 429 g/mol. The Kier molecular flexibility index (Phi) is 4.89. The second-order valence-electron chi connectivity index (χ2n) is 6.64. The van der Waals surface area contributed by atoms with Crippen molar-refractivity contribution in [3.63, 3.8) is 0 Å². The van der Waals surface area contributed by atoms with E-state index in [0.29, 0.717) is 27.7 Å². The SMILES string of the molecule is O=C(COC(=O)c1ccccc1-c1nc2ccccc2o1)Nc1nc2ccccc2s1. The Hall–Kier alpha value is -4.04. The van der Waals surface area contributed by atoms with E-state index < -0.39 is 18.5 Å². The number of nitrogens with zero attached hydrogens (tertiary/aromatic N) is 2. The number of esters is 1. The fraction of sp³-hybridized carbons (Fsp3) is 0.0435. The van der Waals surface area contributed by atoms with Crippen LogP contribution in [-0.2, 0) is 9.53 Å². The number of hydrogen-bond acceptors (Lipinski definition) is 7. The zero-order valence-electron chi connectivity index (χ0n) is 16.1. The third kappa shape index (κ3) is 3.88. The number of anilines is 1. The van der Waals surface area contributed by atoms with Gasteiger partial charge < -0.3 is 9.15 Å². The standard InChI is InChI=1S/C23H15N3O4S/c27-20(26-23-25-17-10-4-6-12-19(17)31-23)13-29-22(28)15-8-2-1-7-14(15)21-24-16-9-3-5-11-18(16)30-21/h1-12H,13H2,(H,25,26,27). The summed E-state index contributed by atoms with van der Waals surface area (Å²) in [7, 11) is 0. The normalized spacial score (nSPS) is 11.0. The lowest BCUT2D eigenvalue weighted by molar-refractivity contribution is -0.119. The van der Waals surface area contributed by atoms with E-state index in [-0.39, 0.29) is 5.56 Å². The number of aromatic nitrogens is 2. The third-order valence-electron chi connectivity index (χ3n) is 4.55. The first-order valence-corrected chi connectivity index (χ1v) is 10.3. The van der Waals surface area contributed by atoms with Crippen LogP contribution in [-0.4, -0.2) is 28.5 Å². The van der Waals surface area contributed by atoms with Crippen LogP contribution >= 0.6 is 11.3 Å². The number of fused-ring (bicyclic) bond motifs is 2. The highest BCUT2D eigenvalue weighted by molar-refractivity contribution is 7.22. The number of hydrogen-bond donors (Lipinski definition) is 1. The largest absolute Gasteiger partial charge is 0.452 e. The van der Waals surface area contributed by atoms with Gasteiger partial charge in [0.1, 0.15) is 5.52 Å². The van der Waals surface area contributed by atoms with Gasteiger partial charge in [0.15, 0.2) is 17.3 Å². The Bertz CT molecular complexity index is 1360. The second kappa shape index (κ2) is 8.00. The molecule has 5 rings (SSSR count). The predicted octanol–water partition coefficient (Wildman–Crippen LogP) is 4.90. The van der Waals surface area contributed by atoms with Crippen molar-refractivity contribution >= 4 is 49.7 Å². The molecule has 0 aliphatic heterocycles. The molecule has 2 aromatic heterocycles. The lowest BCUT2D eigenvalue weighted by atomic mass is 10.1. The van der Waals surface area contributed by atoms with E-state index in [1.54, 1.807) is 30.3 Å². The molecule has 1 amide bonds. The number of para-hydroxylation sites is 3. The van der Waals surface area contributed by atoms with E-state index in [1.165, 1.54) is 11.3 Å². The summed E-state index contributed by atoms with van der Waals surface area (Å²) in [5.41, 5.74) is 2.87. The Morgan fingerprint density at radius 2 is 1.65 bits per heavy atom. The average Bonchev–Trinajstić information content (AvgIpc) is 3.41. The number of oxazole rings is 1. The summed E-state index contributed by atoms with van der Waals surface area (Å²) < 4.78 is 12.0. The molecule has 3 aromatic carbocycles. The number of amides is 1. The molecule has 31 heavy (non-hydrogen) atoms. The monoisotopic (exact) mass is 429 g/mol. The van der Waals surface area contributed by atoms with Crippen molar-refractivity contribution in [1.29, 1.82) is 0 Å². The van der Waals surface area contributed by atoms with Gasteiger partial charge in [-0.1, -0.05) is 47.7 Å². The van der Waals surface area contributed by atoms with Crippen LogP contribution < -0.4 is 5.32 Å². The van der Waals surface area contributed by atoms with Gasteiger partial charge in [-0.3, -0.25) is 10.1 Å². The number of benzene rings is 3. The van der Waals surface area contributed by atoms with Crippen LogP contribution in [0.4, 0.5) is 5.13 Å². The first-order valence-electron chi connectivity index (χ1n) is 9.45. The summed E-state index contributed by atoms with van der Waals surface area (Å²) in [4.78, 5) is 33.7. The topological polar surface area (TPSA) is 94.3 Å². The molecule has 7 nitrogen and oxygen atoms in total. The van der Waals surface area contributed by atoms with Crippen molar-refractivity contribution in [2.24, 2.45) is 0 Å². The number of thiazole rings is 1. The van der Waals surface area contributed by atoms with Gasteiger partial charge in [-0.25, -0.2) is 14.8 Å². The molecule has 0 unspecified atom stereocenters. The fourth-order valence-electron chi connectivity index (χ4n) is 3.12. The van der Waals surface area contributed by atoms with Crippen molar-refractivity contribution in [3.8, 4) is 11.5 Å². The summed E-state index contributed by atoms with van der Waals surface area (Å²) >= 11 is 1.35. The first-order chi connectivity index (χ1) is 15.2. The molecule has 0 saturated heterocycles. The van der Waals surface area contributed by atoms with Gasteiger partial charge in [-0.15, -0.1) is 0 Å². The minimum Gasteiger partial charge on any atom is -0.452 e. The molecule has 8 heteroatoms. The predicted molar refractivity (Wildman–Crippen MR) is 118 cm³/mol. The Labute approximate surface area is 180 Å². The molecular formula is C23H15N3O4S. The minimum atomic E-state index is -0.641. The summed E-state index contributed by atoms with van der Waals surface area (Å²) in [6.45, 7) is -0.434. The maximum atomic E-state index is 12.7. The molecule has 0 aliphatic rings. The molecular weight excluding hydrogens is 414 g/mol. The van der Waals surface area contributed by atoms with Gasteiger partial charge in [0.25, 0.3) is 5.91 Å². The summed E-state index contributed by atoms with van der Waals surface area (Å²) in [5, 5.41) is 3.12. The van der Waals surface area contributed by atoms with Crippen LogP contribution in [0.3, 0.4) is 0 Å². The minimum absolute atomic E-state index is 0.266. The molecule has 0 atom stereocenters. The number of carbonyl (C=O) groups is 2.